The van der Waals surface area contributed by atoms with Gasteiger partial charge < -0.3 is 25.4 Å². The van der Waals surface area contributed by atoms with Crippen molar-refractivity contribution in [3.05, 3.63) is 53.8 Å². The zero-order valence-corrected chi connectivity index (χ0v) is 18.8. The predicted octanol–water partition coefficient (Wildman–Crippen LogP) is 2.97. The van der Waals surface area contributed by atoms with E-state index in [9.17, 15) is 19.1 Å². The number of carbonyl (C=O) groups excluding carboxylic acids is 2. The number of nitrogens with one attached hydrogen (secondary N) is 2. The summed E-state index contributed by atoms with van der Waals surface area (Å²) >= 11 is 0. The topological polar surface area (TPSA) is 94.1 Å². The Hall–Kier alpha value is -3.33. The van der Waals surface area contributed by atoms with Gasteiger partial charge in [0.05, 0.1) is 36.1 Å². The van der Waals surface area contributed by atoms with Crippen LogP contribution in [0, 0.1) is 5.82 Å². The SMILES string of the molecule is CCCN(CCO)c1ccc(N2C[C@@]3(CC3NC(=O)c3ccccc3NC)OC2=O)cc1F. The number of rotatable bonds is 9. The number of nitrogens with zero attached hydrogens (tertiary/aromatic N) is 2. The number of para-hydroxylation sites is 1. The van der Waals surface area contributed by atoms with Crippen LogP contribution < -0.4 is 20.4 Å². The smallest absolute Gasteiger partial charge is 0.415 e. The molecule has 0 bridgehead atoms. The fraction of sp³-hybridized carbons (Fsp3) is 0.417. The van der Waals surface area contributed by atoms with E-state index in [1.54, 1.807) is 36.2 Å². The van der Waals surface area contributed by atoms with Crippen LogP contribution in [0.3, 0.4) is 0 Å². The lowest BCUT2D eigenvalue weighted by Crippen LogP contribution is -2.35. The van der Waals surface area contributed by atoms with Crippen LogP contribution in [0.5, 0.6) is 0 Å². The third-order valence-electron chi connectivity index (χ3n) is 6.15. The highest BCUT2D eigenvalue weighted by atomic mass is 19.1. The monoisotopic (exact) mass is 456 g/mol. The first-order valence-electron chi connectivity index (χ1n) is 11.2. The summed E-state index contributed by atoms with van der Waals surface area (Å²) in [4.78, 5) is 28.5. The first kappa shape index (κ1) is 22.8. The summed E-state index contributed by atoms with van der Waals surface area (Å²) in [6, 6.07) is 11.5. The molecule has 2 aromatic carbocycles. The van der Waals surface area contributed by atoms with E-state index >= 15 is 0 Å². The maximum absolute atomic E-state index is 14.9. The molecule has 1 saturated carbocycles. The molecule has 8 nitrogen and oxygen atoms in total. The molecule has 3 N–H and O–H groups in total. The molecule has 1 saturated heterocycles. The largest absolute Gasteiger partial charge is 0.438 e. The highest BCUT2D eigenvalue weighted by molar-refractivity contribution is 6.00. The molecule has 1 aliphatic carbocycles. The average molecular weight is 457 g/mol. The van der Waals surface area contributed by atoms with Crippen LogP contribution in [0.15, 0.2) is 42.5 Å². The Bertz CT molecular complexity index is 1040. The summed E-state index contributed by atoms with van der Waals surface area (Å²) in [5, 5.41) is 15.2. The van der Waals surface area contributed by atoms with Crippen molar-refractivity contribution in [3.63, 3.8) is 0 Å². The maximum atomic E-state index is 14.9. The van der Waals surface area contributed by atoms with Crippen LogP contribution in [-0.2, 0) is 4.74 Å². The Morgan fingerprint density at radius 3 is 2.79 bits per heavy atom. The molecular formula is C24H29FN4O4. The summed E-state index contributed by atoms with van der Waals surface area (Å²) < 4.78 is 20.5. The van der Waals surface area contributed by atoms with E-state index < -0.39 is 17.5 Å². The van der Waals surface area contributed by atoms with Gasteiger partial charge in [0.25, 0.3) is 5.91 Å². The molecule has 9 heteroatoms. The number of hydrogen-bond donors (Lipinski definition) is 3. The molecule has 2 atom stereocenters. The minimum Gasteiger partial charge on any atom is -0.438 e. The summed E-state index contributed by atoms with van der Waals surface area (Å²) in [6.07, 6.45) is 0.758. The van der Waals surface area contributed by atoms with Gasteiger partial charge in [0.2, 0.25) is 0 Å². The highest BCUT2D eigenvalue weighted by Crippen LogP contribution is 2.46. The van der Waals surface area contributed by atoms with Crippen LogP contribution in [0.1, 0.15) is 30.1 Å². The standard InChI is InChI=1S/C24H29FN4O4/c1-3-10-28(11-12-30)20-9-8-16(13-18(20)25)29-15-24(33-23(29)32)14-21(24)27-22(31)17-6-4-5-7-19(17)26-2/h4-9,13,21,26,30H,3,10-12,14-15H2,1-2H3,(H,27,31)/t21?,24-/m1/s1. The Morgan fingerprint density at radius 2 is 2.09 bits per heavy atom. The van der Waals surface area contributed by atoms with Gasteiger partial charge in [-0.2, -0.15) is 0 Å². The van der Waals surface area contributed by atoms with E-state index in [0.717, 1.165) is 6.42 Å². The minimum atomic E-state index is -0.804. The van der Waals surface area contributed by atoms with Crippen molar-refractivity contribution in [3.8, 4) is 0 Å². The number of aliphatic hydroxyl groups is 1. The first-order chi connectivity index (χ1) is 15.9. The second kappa shape index (κ2) is 9.27. The van der Waals surface area contributed by atoms with Gasteiger partial charge in [0.15, 0.2) is 5.60 Å². The number of anilines is 3. The molecule has 176 valence electrons. The van der Waals surface area contributed by atoms with Gasteiger partial charge in [-0.3, -0.25) is 9.69 Å². The number of halogens is 1. The number of ether oxygens (including phenoxy) is 1. The van der Waals surface area contributed by atoms with Crippen molar-refractivity contribution in [2.75, 3.05) is 48.4 Å². The summed E-state index contributed by atoms with van der Waals surface area (Å²) in [5.41, 5.74) is 1.21. The Morgan fingerprint density at radius 1 is 1.30 bits per heavy atom. The molecule has 4 rings (SSSR count). The number of benzene rings is 2. The van der Waals surface area contributed by atoms with Crippen LogP contribution in [0.4, 0.5) is 26.2 Å². The summed E-state index contributed by atoms with van der Waals surface area (Å²) in [6.45, 7) is 3.09. The van der Waals surface area contributed by atoms with Crippen molar-refractivity contribution < 1.29 is 23.8 Å². The van der Waals surface area contributed by atoms with Gasteiger partial charge in [-0.15, -0.1) is 0 Å². The molecule has 33 heavy (non-hydrogen) atoms. The minimum absolute atomic E-state index is 0.0753. The van der Waals surface area contributed by atoms with Gasteiger partial charge in [-0.25, -0.2) is 9.18 Å². The zero-order chi connectivity index (χ0) is 23.6. The van der Waals surface area contributed by atoms with E-state index in [-0.39, 0.29) is 25.1 Å². The van der Waals surface area contributed by atoms with Crippen LogP contribution in [-0.4, -0.2) is 62.0 Å². The van der Waals surface area contributed by atoms with Crippen LogP contribution >= 0.6 is 0 Å². The second-order valence-electron chi connectivity index (χ2n) is 8.39. The van der Waals surface area contributed by atoms with Crippen molar-refractivity contribution in [1.82, 2.24) is 5.32 Å². The van der Waals surface area contributed by atoms with Crippen LogP contribution in [0.25, 0.3) is 0 Å². The fourth-order valence-corrected chi connectivity index (χ4v) is 4.35. The quantitative estimate of drug-likeness (QED) is 0.537. The third-order valence-corrected chi connectivity index (χ3v) is 6.15. The molecule has 0 aromatic heterocycles. The van der Waals surface area contributed by atoms with Crippen molar-refractivity contribution in [1.29, 1.82) is 0 Å². The lowest BCUT2D eigenvalue weighted by Gasteiger charge is -2.24. The van der Waals surface area contributed by atoms with E-state index in [1.807, 2.05) is 19.1 Å². The van der Waals surface area contributed by atoms with Gasteiger partial charge in [0, 0.05) is 32.2 Å². The fourth-order valence-electron chi connectivity index (χ4n) is 4.35. The molecule has 0 radical (unpaired) electrons. The van der Waals surface area contributed by atoms with Crippen molar-refractivity contribution >= 4 is 29.1 Å². The maximum Gasteiger partial charge on any atom is 0.415 e. The van der Waals surface area contributed by atoms with Gasteiger partial charge in [-0.05, 0) is 36.8 Å². The summed E-state index contributed by atoms with van der Waals surface area (Å²) in [5.74, 6) is -0.709. The van der Waals surface area contributed by atoms with Crippen molar-refractivity contribution in [2.24, 2.45) is 0 Å². The second-order valence-corrected chi connectivity index (χ2v) is 8.39. The average Bonchev–Trinajstić information content (AvgIpc) is 3.34. The molecule has 1 spiro atoms. The van der Waals surface area contributed by atoms with Crippen molar-refractivity contribution in [2.45, 2.75) is 31.4 Å². The van der Waals surface area contributed by atoms with Gasteiger partial charge in [-0.1, -0.05) is 19.1 Å². The predicted molar refractivity (Wildman–Crippen MR) is 124 cm³/mol. The lowest BCUT2D eigenvalue weighted by molar-refractivity contribution is 0.0909. The number of amides is 2. The van der Waals surface area contributed by atoms with Gasteiger partial charge >= 0.3 is 6.09 Å². The van der Waals surface area contributed by atoms with E-state index in [2.05, 4.69) is 10.6 Å². The molecule has 2 fully saturated rings. The molecule has 2 aromatic rings. The van der Waals surface area contributed by atoms with E-state index in [4.69, 9.17) is 4.74 Å². The lowest BCUT2D eigenvalue weighted by atomic mass is 10.1. The number of aliphatic hydroxyl groups excluding tert-OH is 1. The molecule has 2 aliphatic rings. The Labute approximate surface area is 192 Å². The molecule has 1 unspecified atom stereocenters. The number of carbonyl (C=O) groups is 2. The normalized spacial score (nSPS) is 21.2. The van der Waals surface area contributed by atoms with Crippen LogP contribution in [0.2, 0.25) is 0 Å². The van der Waals surface area contributed by atoms with E-state index in [0.29, 0.717) is 42.1 Å². The summed E-state index contributed by atoms with van der Waals surface area (Å²) in [7, 11) is 1.75. The molecule has 1 heterocycles. The zero-order valence-electron chi connectivity index (χ0n) is 18.8. The molecule has 1 aliphatic heterocycles. The first-order valence-corrected chi connectivity index (χ1v) is 11.2. The van der Waals surface area contributed by atoms with Gasteiger partial charge in [0.1, 0.15) is 5.82 Å². The highest BCUT2D eigenvalue weighted by Gasteiger charge is 2.64. The number of hydrogen-bond acceptors (Lipinski definition) is 6. The molecule has 2 amide bonds. The Balaban J connectivity index is 1.45. The third kappa shape index (κ3) is 4.45. The Kier molecular flexibility index (Phi) is 6.42. The molecular weight excluding hydrogens is 427 g/mol. The van der Waals surface area contributed by atoms with E-state index in [1.165, 1.54) is 11.0 Å².